The molecule has 328 valence electrons. The van der Waals surface area contributed by atoms with Crippen molar-refractivity contribution in [2.75, 3.05) is 85.6 Å². The van der Waals surface area contributed by atoms with Crippen LogP contribution in [0.4, 0.5) is 32.6 Å². The molecule has 4 heterocycles. The van der Waals surface area contributed by atoms with Gasteiger partial charge in [-0.3, -0.25) is 14.6 Å². The van der Waals surface area contributed by atoms with E-state index < -0.39 is 0 Å². The molecule has 0 bridgehead atoms. The fourth-order valence-electron chi connectivity index (χ4n) is 7.57. The van der Waals surface area contributed by atoms with Gasteiger partial charge in [0.05, 0.1) is 32.3 Å². The third-order valence-electron chi connectivity index (χ3n) is 11.2. The maximum atomic E-state index is 13.5. The van der Waals surface area contributed by atoms with Gasteiger partial charge in [-0.05, 0) is 71.8 Å². The van der Waals surface area contributed by atoms with E-state index >= 15 is 0 Å². The Morgan fingerprint density at radius 3 is 1.27 bits per heavy atom. The second kappa shape index (κ2) is 22.0. The van der Waals surface area contributed by atoms with E-state index in [1.165, 1.54) is 7.11 Å². The number of aromatic nitrogens is 2. The number of rotatable bonds is 11. The van der Waals surface area contributed by atoms with Gasteiger partial charge in [-0.2, -0.15) is 0 Å². The number of ketones is 1. The number of nitrogens with two attached hydrogens (primary N) is 1. The van der Waals surface area contributed by atoms with Crippen molar-refractivity contribution >= 4 is 46.8 Å². The number of carbonyl (C=O) groups is 4. The van der Waals surface area contributed by atoms with Crippen LogP contribution in [0.5, 0.6) is 0 Å². The summed E-state index contributed by atoms with van der Waals surface area (Å²) in [6.45, 7) is 6.26. The zero-order valence-corrected chi connectivity index (χ0v) is 36.0. The molecule has 2 N–H and O–H groups in total. The van der Waals surface area contributed by atoms with E-state index in [0.717, 1.165) is 60.3 Å². The summed E-state index contributed by atoms with van der Waals surface area (Å²) in [5.74, 6) is 1.40. The minimum Gasteiger partial charge on any atom is -0.465 e. The molecule has 0 unspecified atom stereocenters. The molecular formula is C50H53N9O5. The maximum Gasteiger partial charge on any atom is 0.337 e. The normalized spacial score (nSPS) is 13.6. The van der Waals surface area contributed by atoms with Crippen LogP contribution in [0.3, 0.4) is 0 Å². The number of anilines is 4. The number of pyridine rings is 2. The number of esters is 1. The smallest absolute Gasteiger partial charge is 0.337 e. The molecule has 14 nitrogen and oxygen atoms in total. The molecule has 64 heavy (non-hydrogen) atoms. The number of Topliss-reactive ketones (excluding diaryl/α,β-unsaturated/α-hetero) is 1. The predicted octanol–water partition coefficient (Wildman–Crippen LogP) is 6.99. The predicted molar refractivity (Wildman–Crippen MR) is 250 cm³/mol. The largest absolute Gasteiger partial charge is 0.465 e. The van der Waals surface area contributed by atoms with Gasteiger partial charge < -0.3 is 30.1 Å². The highest BCUT2D eigenvalue weighted by atomic mass is 16.5. The Hall–Kier alpha value is -7.58. The number of benzene rings is 4. The highest BCUT2D eigenvalue weighted by Gasteiger charge is 2.28. The molecule has 0 saturated carbocycles. The van der Waals surface area contributed by atoms with Crippen molar-refractivity contribution in [3.8, 4) is 0 Å². The van der Waals surface area contributed by atoms with Crippen molar-refractivity contribution in [1.82, 2.24) is 19.8 Å². The van der Waals surface area contributed by atoms with Crippen molar-refractivity contribution in [3.63, 3.8) is 0 Å². The number of methoxy groups -OCH3 is 1. The topological polar surface area (TPSA) is 149 Å². The second-order valence-corrected chi connectivity index (χ2v) is 15.2. The molecule has 0 aliphatic carbocycles. The van der Waals surface area contributed by atoms with Gasteiger partial charge in [0.1, 0.15) is 11.6 Å². The number of amides is 4. The van der Waals surface area contributed by atoms with Crippen LogP contribution in [-0.4, -0.2) is 110 Å². The van der Waals surface area contributed by atoms with Crippen LogP contribution in [0.2, 0.25) is 0 Å². The lowest BCUT2D eigenvalue weighted by Crippen LogP contribution is -2.53. The van der Waals surface area contributed by atoms with Gasteiger partial charge in [-0.25, -0.2) is 24.4 Å². The van der Waals surface area contributed by atoms with Crippen molar-refractivity contribution in [1.29, 1.82) is 0 Å². The van der Waals surface area contributed by atoms with E-state index in [1.807, 2.05) is 131 Å². The Bertz CT molecular complexity index is 2240. The number of carbonyl (C=O) groups excluding carboxylic acids is 4. The number of ether oxygens (including phenoxy) is 1. The van der Waals surface area contributed by atoms with E-state index in [9.17, 15) is 19.2 Å². The summed E-state index contributed by atoms with van der Waals surface area (Å²) in [5.41, 5.74) is 10.1. The minimum atomic E-state index is -0.377. The number of hydrogen-bond donors (Lipinski definition) is 1. The molecule has 2 fully saturated rings. The summed E-state index contributed by atoms with van der Waals surface area (Å²) in [4.78, 5) is 71.1. The zero-order chi connectivity index (χ0) is 44.7. The van der Waals surface area contributed by atoms with Gasteiger partial charge in [-0.1, -0.05) is 84.9 Å². The molecule has 2 aromatic heterocycles. The molecule has 2 saturated heterocycles. The van der Waals surface area contributed by atoms with Gasteiger partial charge in [-0.15, -0.1) is 0 Å². The number of para-hydroxylation sites is 2. The van der Waals surface area contributed by atoms with Crippen LogP contribution in [0.15, 0.2) is 158 Å². The van der Waals surface area contributed by atoms with Crippen LogP contribution in [0.1, 0.15) is 31.8 Å². The first-order chi connectivity index (χ1) is 31.3. The Morgan fingerprint density at radius 2 is 0.906 bits per heavy atom. The van der Waals surface area contributed by atoms with Gasteiger partial charge in [0, 0.05) is 81.7 Å². The van der Waals surface area contributed by atoms with Crippen LogP contribution in [0, 0.1) is 0 Å². The van der Waals surface area contributed by atoms with Crippen LogP contribution in [0.25, 0.3) is 0 Å². The quantitative estimate of drug-likeness (QED) is 0.107. The van der Waals surface area contributed by atoms with E-state index in [4.69, 9.17) is 10.5 Å². The van der Waals surface area contributed by atoms with Gasteiger partial charge >= 0.3 is 18.0 Å². The van der Waals surface area contributed by atoms with Gasteiger partial charge in [0.2, 0.25) is 0 Å². The maximum absolute atomic E-state index is 13.5. The highest BCUT2D eigenvalue weighted by molar-refractivity contribution is 5.97. The summed E-state index contributed by atoms with van der Waals surface area (Å²) >= 11 is 0. The van der Waals surface area contributed by atoms with E-state index in [-0.39, 0.29) is 30.4 Å². The summed E-state index contributed by atoms with van der Waals surface area (Å²) in [5, 5.41) is 0. The first-order valence-corrected chi connectivity index (χ1v) is 21.4. The molecule has 4 amide bonds. The third-order valence-corrected chi connectivity index (χ3v) is 11.2. The Labute approximate surface area is 374 Å². The van der Waals surface area contributed by atoms with Crippen molar-refractivity contribution in [2.24, 2.45) is 5.73 Å². The minimum absolute atomic E-state index is 0.0154. The molecular weight excluding hydrogens is 807 g/mol. The molecule has 0 spiro atoms. The summed E-state index contributed by atoms with van der Waals surface area (Å²) in [7, 11) is 1.36. The summed E-state index contributed by atoms with van der Waals surface area (Å²) in [6.07, 6.45) is 3.58. The number of nitrogens with zero attached hydrogens (tertiary/aromatic N) is 8. The average molecular weight is 860 g/mol. The summed E-state index contributed by atoms with van der Waals surface area (Å²) in [6, 6.07) is 45.5. The second-order valence-electron chi connectivity index (χ2n) is 15.2. The van der Waals surface area contributed by atoms with Crippen molar-refractivity contribution < 1.29 is 23.9 Å². The first kappa shape index (κ1) is 44.5. The number of hydrogen-bond acceptors (Lipinski definition) is 10. The molecule has 14 heteroatoms. The molecule has 4 aromatic carbocycles. The van der Waals surface area contributed by atoms with Gasteiger partial charge in [0.25, 0.3) is 0 Å². The monoisotopic (exact) mass is 859 g/mol. The highest BCUT2D eigenvalue weighted by Crippen LogP contribution is 2.23. The summed E-state index contributed by atoms with van der Waals surface area (Å²) < 4.78 is 4.77. The molecule has 6 aromatic rings. The lowest BCUT2D eigenvalue weighted by Gasteiger charge is -2.38. The third kappa shape index (κ3) is 11.5. The number of urea groups is 2. The Morgan fingerprint density at radius 1 is 0.516 bits per heavy atom. The standard InChI is InChI=1S/C25H27N5O2.C25H26N4O3/c26-18-23(31)21-11-9-20(10-12-21)19-30(22-6-2-1-3-7-22)25(32)29-16-14-28(15-17-29)24-8-4-5-13-27-24;1-32-24(30)21-12-10-20(11-13-21)19-29(22-7-3-2-4-8-22)25(31)28-17-15-27(16-18-28)23-9-5-6-14-26-23/h1-13H,14-19,26H2;2-14H,15-19H2,1H3. The average Bonchev–Trinajstić information content (AvgIpc) is 3.38. The zero-order valence-electron chi connectivity index (χ0n) is 36.0. The van der Waals surface area contributed by atoms with Gasteiger partial charge in [0.15, 0.2) is 5.78 Å². The van der Waals surface area contributed by atoms with E-state index in [1.54, 1.807) is 46.5 Å². The molecule has 0 atom stereocenters. The first-order valence-electron chi connectivity index (χ1n) is 21.4. The van der Waals surface area contributed by atoms with Crippen molar-refractivity contribution in [3.05, 3.63) is 180 Å². The lowest BCUT2D eigenvalue weighted by molar-refractivity contribution is 0.0600. The van der Waals surface area contributed by atoms with Crippen LogP contribution < -0.4 is 25.3 Å². The molecule has 0 radical (unpaired) electrons. The Kier molecular flexibility index (Phi) is 15.3. The fraction of sp³-hybridized carbons (Fsp3) is 0.240. The molecule has 8 rings (SSSR count). The van der Waals surface area contributed by atoms with E-state index in [2.05, 4.69) is 19.8 Å². The lowest BCUT2D eigenvalue weighted by atomic mass is 10.1. The Balaban J connectivity index is 0.000000191. The fourth-order valence-corrected chi connectivity index (χ4v) is 7.57. The van der Waals surface area contributed by atoms with E-state index in [0.29, 0.717) is 50.4 Å². The van der Waals surface area contributed by atoms with Crippen molar-refractivity contribution in [2.45, 2.75) is 13.1 Å². The van der Waals surface area contributed by atoms with Crippen LogP contribution in [-0.2, 0) is 17.8 Å². The SMILES string of the molecule is COC(=O)c1ccc(CN(C(=O)N2CCN(c3ccccn3)CC2)c2ccccc2)cc1.NCC(=O)c1ccc(CN(C(=O)N2CCN(c3ccccn3)CC2)c2ccccc2)cc1. The molecule has 2 aliphatic rings. The number of piperazine rings is 2. The van der Waals surface area contributed by atoms with Crippen LogP contribution >= 0.6 is 0 Å². The molecule has 2 aliphatic heterocycles.